The van der Waals surface area contributed by atoms with Crippen LogP contribution in [-0.4, -0.2) is 14.5 Å². The van der Waals surface area contributed by atoms with Gasteiger partial charge in [-0.3, -0.25) is 4.57 Å². The SMILES string of the molecule is Nc1cccc(-n2cnc(-c3ccccc3)c2)n1. The van der Waals surface area contributed by atoms with Gasteiger partial charge in [-0.15, -0.1) is 0 Å². The van der Waals surface area contributed by atoms with E-state index >= 15 is 0 Å². The predicted molar refractivity (Wildman–Crippen MR) is 71.2 cm³/mol. The monoisotopic (exact) mass is 236 g/mol. The number of rotatable bonds is 2. The summed E-state index contributed by atoms with van der Waals surface area (Å²) in [4.78, 5) is 8.63. The highest BCUT2D eigenvalue weighted by atomic mass is 15.1. The summed E-state index contributed by atoms with van der Waals surface area (Å²) in [5.41, 5.74) is 7.67. The molecule has 2 N–H and O–H groups in total. The van der Waals surface area contributed by atoms with Crippen molar-refractivity contribution in [1.29, 1.82) is 0 Å². The fourth-order valence-corrected chi connectivity index (χ4v) is 1.79. The molecule has 0 saturated heterocycles. The summed E-state index contributed by atoms with van der Waals surface area (Å²) in [6.45, 7) is 0. The van der Waals surface area contributed by atoms with E-state index in [0.717, 1.165) is 17.1 Å². The Balaban J connectivity index is 2.00. The molecule has 18 heavy (non-hydrogen) atoms. The Hall–Kier alpha value is -2.62. The van der Waals surface area contributed by atoms with Crippen molar-refractivity contribution in [3.8, 4) is 17.1 Å². The van der Waals surface area contributed by atoms with Crippen LogP contribution in [0.4, 0.5) is 5.82 Å². The molecule has 2 heterocycles. The van der Waals surface area contributed by atoms with E-state index in [1.807, 2.05) is 53.2 Å². The second-order valence-electron chi connectivity index (χ2n) is 3.95. The number of pyridine rings is 1. The molecular formula is C14H12N4. The minimum absolute atomic E-state index is 0.502. The van der Waals surface area contributed by atoms with Crippen LogP contribution in [0.5, 0.6) is 0 Å². The van der Waals surface area contributed by atoms with Crippen LogP contribution in [0.1, 0.15) is 0 Å². The van der Waals surface area contributed by atoms with Gasteiger partial charge in [-0.1, -0.05) is 36.4 Å². The molecule has 0 amide bonds. The number of nitrogen functional groups attached to an aromatic ring is 1. The molecule has 0 fully saturated rings. The van der Waals surface area contributed by atoms with Gasteiger partial charge in [0.2, 0.25) is 0 Å². The first-order chi connectivity index (χ1) is 8.83. The molecule has 3 rings (SSSR count). The normalized spacial score (nSPS) is 10.4. The zero-order valence-electron chi connectivity index (χ0n) is 9.69. The zero-order valence-corrected chi connectivity index (χ0v) is 9.69. The predicted octanol–water partition coefficient (Wildman–Crippen LogP) is 2.52. The Labute approximate surface area is 105 Å². The number of anilines is 1. The number of hydrogen-bond donors (Lipinski definition) is 1. The molecule has 0 radical (unpaired) electrons. The lowest BCUT2D eigenvalue weighted by Gasteiger charge is -2.00. The van der Waals surface area contributed by atoms with Crippen LogP contribution in [0.25, 0.3) is 17.1 Å². The Morgan fingerprint density at radius 2 is 1.78 bits per heavy atom. The van der Waals surface area contributed by atoms with Gasteiger partial charge in [0.15, 0.2) is 0 Å². The largest absolute Gasteiger partial charge is 0.384 e. The van der Waals surface area contributed by atoms with Gasteiger partial charge in [0, 0.05) is 11.8 Å². The summed E-state index contributed by atoms with van der Waals surface area (Å²) in [5, 5.41) is 0. The van der Waals surface area contributed by atoms with Crippen LogP contribution < -0.4 is 5.73 Å². The standard InChI is InChI=1S/C14H12N4/c15-13-7-4-8-14(17-13)18-9-12(16-10-18)11-5-2-1-3-6-11/h1-10H,(H2,15,17). The molecule has 2 aromatic heterocycles. The summed E-state index contributed by atoms with van der Waals surface area (Å²) in [7, 11) is 0. The smallest absolute Gasteiger partial charge is 0.140 e. The number of hydrogen-bond acceptors (Lipinski definition) is 3. The van der Waals surface area contributed by atoms with Gasteiger partial charge in [0.05, 0.1) is 5.69 Å². The maximum Gasteiger partial charge on any atom is 0.140 e. The van der Waals surface area contributed by atoms with Crippen molar-refractivity contribution in [2.45, 2.75) is 0 Å². The third kappa shape index (κ3) is 1.96. The van der Waals surface area contributed by atoms with Gasteiger partial charge in [0.25, 0.3) is 0 Å². The van der Waals surface area contributed by atoms with Gasteiger partial charge in [-0.05, 0) is 12.1 Å². The van der Waals surface area contributed by atoms with E-state index in [4.69, 9.17) is 5.73 Å². The zero-order chi connectivity index (χ0) is 12.4. The molecule has 0 bridgehead atoms. The molecule has 0 atom stereocenters. The maximum absolute atomic E-state index is 5.67. The highest BCUT2D eigenvalue weighted by Crippen LogP contribution is 2.17. The third-order valence-electron chi connectivity index (χ3n) is 2.67. The molecule has 4 heteroatoms. The summed E-state index contributed by atoms with van der Waals surface area (Å²) >= 11 is 0. The minimum atomic E-state index is 0.502. The molecule has 3 aromatic rings. The molecule has 0 spiro atoms. The summed E-state index contributed by atoms with van der Waals surface area (Å²) in [6, 6.07) is 15.6. The third-order valence-corrected chi connectivity index (χ3v) is 2.67. The fourth-order valence-electron chi connectivity index (χ4n) is 1.79. The number of aromatic nitrogens is 3. The van der Waals surface area contributed by atoms with E-state index in [0.29, 0.717) is 5.82 Å². The highest BCUT2D eigenvalue weighted by molar-refractivity contribution is 5.58. The van der Waals surface area contributed by atoms with Crippen LogP contribution in [0.2, 0.25) is 0 Å². The molecule has 4 nitrogen and oxygen atoms in total. The average molecular weight is 236 g/mol. The van der Waals surface area contributed by atoms with E-state index in [1.54, 1.807) is 12.4 Å². The summed E-state index contributed by atoms with van der Waals surface area (Å²) in [6.07, 6.45) is 3.68. The van der Waals surface area contributed by atoms with Crippen LogP contribution >= 0.6 is 0 Å². The molecule has 0 aliphatic carbocycles. The van der Waals surface area contributed by atoms with Gasteiger partial charge in [-0.25, -0.2) is 9.97 Å². The van der Waals surface area contributed by atoms with Crippen molar-refractivity contribution in [1.82, 2.24) is 14.5 Å². The lowest BCUT2D eigenvalue weighted by molar-refractivity contribution is 0.997. The maximum atomic E-state index is 5.67. The second kappa shape index (κ2) is 4.33. The number of imidazole rings is 1. The van der Waals surface area contributed by atoms with E-state index in [1.165, 1.54) is 0 Å². The van der Waals surface area contributed by atoms with Crippen molar-refractivity contribution < 1.29 is 0 Å². The molecule has 1 aromatic carbocycles. The first-order valence-electron chi connectivity index (χ1n) is 5.65. The Morgan fingerprint density at radius 3 is 2.56 bits per heavy atom. The average Bonchev–Trinajstić information content (AvgIpc) is 2.89. The minimum Gasteiger partial charge on any atom is -0.384 e. The molecular weight excluding hydrogens is 224 g/mol. The Kier molecular flexibility index (Phi) is 2.53. The van der Waals surface area contributed by atoms with E-state index in [2.05, 4.69) is 9.97 Å². The van der Waals surface area contributed by atoms with Crippen LogP contribution in [0, 0.1) is 0 Å². The topological polar surface area (TPSA) is 56.7 Å². The van der Waals surface area contributed by atoms with E-state index < -0.39 is 0 Å². The molecule has 0 unspecified atom stereocenters. The number of nitrogens with two attached hydrogens (primary N) is 1. The van der Waals surface area contributed by atoms with Crippen LogP contribution in [-0.2, 0) is 0 Å². The van der Waals surface area contributed by atoms with Gasteiger partial charge in [-0.2, -0.15) is 0 Å². The van der Waals surface area contributed by atoms with Gasteiger partial charge >= 0.3 is 0 Å². The van der Waals surface area contributed by atoms with Gasteiger partial charge < -0.3 is 5.73 Å². The highest BCUT2D eigenvalue weighted by Gasteiger charge is 2.03. The van der Waals surface area contributed by atoms with Crippen molar-refractivity contribution in [2.75, 3.05) is 5.73 Å². The first kappa shape index (κ1) is 10.5. The fraction of sp³-hybridized carbons (Fsp3) is 0. The van der Waals surface area contributed by atoms with Crippen molar-refractivity contribution >= 4 is 5.82 Å². The van der Waals surface area contributed by atoms with Crippen molar-refractivity contribution in [3.05, 3.63) is 61.1 Å². The van der Waals surface area contributed by atoms with Gasteiger partial charge in [0.1, 0.15) is 18.0 Å². The van der Waals surface area contributed by atoms with Crippen LogP contribution in [0.3, 0.4) is 0 Å². The Bertz CT molecular complexity index is 658. The lowest BCUT2D eigenvalue weighted by atomic mass is 10.2. The first-order valence-corrected chi connectivity index (χ1v) is 5.65. The Morgan fingerprint density at radius 1 is 0.944 bits per heavy atom. The van der Waals surface area contributed by atoms with E-state index in [9.17, 15) is 0 Å². The number of benzene rings is 1. The van der Waals surface area contributed by atoms with Crippen molar-refractivity contribution in [3.63, 3.8) is 0 Å². The molecule has 0 aliphatic rings. The second-order valence-corrected chi connectivity index (χ2v) is 3.95. The van der Waals surface area contributed by atoms with Crippen molar-refractivity contribution in [2.24, 2.45) is 0 Å². The quantitative estimate of drug-likeness (QED) is 0.743. The lowest BCUT2D eigenvalue weighted by Crippen LogP contribution is -1.97. The molecule has 0 aliphatic heterocycles. The van der Waals surface area contributed by atoms with E-state index in [-0.39, 0.29) is 0 Å². The van der Waals surface area contributed by atoms with Crippen LogP contribution in [0.15, 0.2) is 61.1 Å². The molecule has 0 saturated carbocycles. The molecule has 88 valence electrons. The summed E-state index contributed by atoms with van der Waals surface area (Å²) in [5.74, 6) is 1.27. The number of nitrogens with zero attached hydrogens (tertiary/aromatic N) is 3. The summed E-state index contributed by atoms with van der Waals surface area (Å²) < 4.78 is 1.86.